The van der Waals surface area contributed by atoms with Gasteiger partial charge in [0.15, 0.2) is 11.2 Å². The number of hydrogen-bond donors (Lipinski definition) is 3. The molecule has 0 radical (unpaired) electrons. The minimum atomic E-state index is -1.22. The van der Waals surface area contributed by atoms with Crippen molar-refractivity contribution in [3.8, 4) is 11.3 Å². The van der Waals surface area contributed by atoms with Crippen LogP contribution in [0.4, 0.5) is 15.8 Å². The van der Waals surface area contributed by atoms with E-state index in [4.69, 9.17) is 23.2 Å². The molecule has 11 heteroatoms. The maximum atomic E-state index is 12.6. The van der Waals surface area contributed by atoms with Gasteiger partial charge in [0.1, 0.15) is 0 Å². The van der Waals surface area contributed by atoms with Gasteiger partial charge in [-0.2, -0.15) is 0 Å². The van der Waals surface area contributed by atoms with Crippen molar-refractivity contribution in [1.29, 1.82) is 0 Å². The number of allylic oxidation sites excluding steroid dienone is 1. The lowest BCUT2D eigenvalue weighted by molar-refractivity contribution is 0.102. The number of aromatic nitrogens is 1. The van der Waals surface area contributed by atoms with Crippen LogP contribution in [-0.4, -0.2) is 42.4 Å². The standard InChI is InChI=1S/C20H17ClN4O2S.C3H5Cl.CH3F.CH5N/c21-18-9-6-15(13-17(18)19-3-1-2-10-22-19)24-20(26)14-4-7-16(8-5-14)25-12-11-23-28(25)27;1-3(2)4;2*1-2/h1-10,13,23H,11-12H2,(H,24,26);1H2,2H3;1H3;2H2,1H3. The topological polar surface area (TPSA) is 100 Å². The second-order valence-corrected chi connectivity index (χ2v) is 9.11. The summed E-state index contributed by atoms with van der Waals surface area (Å²) in [6.45, 7) is 6.40. The van der Waals surface area contributed by atoms with Gasteiger partial charge in [-0.15, -0.1) is 0 Å². The Bertz CT molecular complexity index is 1130. The van der Waals surface area contributed by atoms with E-state index in [1.54, 1.807) is 59.9 Å². The quantitative estimate of drug-likeness (QED) is 0.393. The zero-order valence-corrected chi connectivity index (χ0v) is 22.6. The molecule has 4 rings (SSSR count). The van der Waals surface area contributed by atoms with Gasteiger partial charge in [-0.25, -0.2) is 8.93 Å². The van der Waals surface area contributed by atoms with Crippen molar-refractivity contribution < 1.29 is 13.4 Å². The Morgan fingerprint density at radius 2 is 1.81 bits per heavy atom. The lowest BCUT2D eigenvalue weighted by Crippen LogP contribution is -2.22. The number of anilines is 2. The summed E-state index contributed by atoms with van der Waals surface area (Å²) in [4.78, 5) is 16.9. The number of amides is 1. The largest absolute Gasteiger partial charge is 0.333 e. The Morgan fingerprint density at radius 3 is 2.33 bits per heavy atom. The first-order chi connectivity index (χ1) is 17.3. The van der Waals surface area contributed by atoms with E-state index in [1.165, 1.54) is 7.05 Å². The van der Waals surface area contributed by atoms with E-state index in [2.05, 4.69) is 27.3 Å². The van der Waals surface area contributed by atoms with Crippen molar-refractivity contribution in [3.63, 3.8) is 0 Å². The van der Waals surface area contributed by atoms with Crippen molar-refractivity contribution in [2.24, 2.45) is 5.73 Å². The van der Waals surface area contributed by atoms with E-state index in [0.29, 0.717) is 41.6 Å². The van der Waals surface area contributed by atoms with Gasteiger partial charge in [0.2, 0.25) is 0 Å². The van der Waals surface area contributed by atoms with Crippen LogP contribution in [0.2, 0.25) is 5.02 Å². The van der Waals surface area contributed by atoms with E-state index >= 15 is 0 Å². The van der Waals surface area contributed by atoms with Gasteiger partial charge in [0.05, 0.1) is 23.6 Å². The highest BCUT2D eigenvalue weighted by atomic mass is 35.5. The molecule has 3 aromatic rings. The smallest absolute Gasteiger partial charge is 0.255 e. The monoisotopic (exact) mass is 553 g/mol. The van der Waals surface area contributed by atoms with Gasteiger partial charge >= 0.3 is 0 Å². The normalized spacial score (nSPS) is 13.6. The van der Waals surface area contributed by atoms with E-state index in [0.717, 1.165) is 16.9 Å². The Balaban J connectivity index is 0.000000725. The third-order valence-corrected chi connectivity index (χ3v) is 5.90. The third kappa shape index (κ3) is 9.67. The molecule has 194 valence electrons. The number of halogens is 3. The SMILES string of the molecule is C=C(C)Cl.CF.CN.O=C(Nc1ccc(Cl)c(-c2ccccn2)c1)c1ccc(N2CCNS2=O)cc1. The first-order valence-electron chi connectivity index (χ1n) is 10.7. The fourth-order valence-corrected chi connectivity index (χ4v) is 4.13. The zero-order chi connectivity index (χ0) is 27.1. The predicted octanol–water partition coefficient (Wildman–Crippen LogP) is 5.56. The van der Waals surface area contributed by atoms with Gasteiger partial charge in [-0.3, -0.25) is 18.5 Å². The van der Waals surface area contributed by atoms with Crippen molar-refractivity contribution in [2.75, 3.05) is 36.9 Å². The van der Waals surface area contributed by atoms with Crippen LogP contribution in [0.25, 0.3) is 11.3 Å². The fraction of sp³-hybridized carbons (Fsp3) is 0.200. The van der Waals surface area contributed by atoms with Crippen LogP contribution in [0.1, 0.15) is 17.3 Å². The second-order valence-electron chi connectivity index (χ2n) is 6.83. The van der Waals surface area contributed by atoms with Crippen LogP contribution in [0.15, 0.2) is 78.5 Å². The summed E-state index contributed by atoms with van der Waals surface area (Å²) in [5.41, 5.74) is 7.93. The molecule has 2 heterocycles. The molecular weight excluding hydrogens is 524 g/mol. The third-order valence-electron chi connectivity index (χ3n) is 4.32. The number of carbonyl (C=O) groups excluding carboxylic acids is 1. The average Bonchev–Trinajstić information content (AvgIpc) is 3.33. The number of carbonyl (C=O) groups is 1. The van der Waals surface area contributed by atoms with E-state index in [9.17, 15) is 13.4 Å². The Kier molecular flexibility index (Phi) is 14.5. The van der Waals surface area contributed by atoms with Gasteiger partial charge in [-0.1, -0.05) is 35.8 Å². The van der Waals surface area contributed by atoms with Crippen LogP contribution in [0, 0.1) is 0 Å². The summed E-state index contributed by atoms with van der Waals surface area (Å²) in [6, 6.07) is 17.9. The zero-order valence-electron chi connectivity index (χ0n) is 20.3. The first-order valence-corrected chi connectivity index (χ1v) is 12.5. The molecule has 1 aromatic heterocycles. The summed E-state index contributed by atoms with van der Waals surface area (Å²) in [6.07, 6.45) is 1.70. The average molecular weight is 555 g/mol. The Morgan fingerprint density at radius 1 is 1.17 bits per heavy atom. The molecule has 4 N–H and O–H groups in total. The summed E-state index contributed by atoms with van der Waals surface area (Å²) in [5.74, 6) is -0.235. The van der Waals surface area contributed by atoms with Crippen LogP contribution in [0.3, 0.4) is 0 Å². The maximum Gasteiger partial charge on any atom is 0.255 e. The van der Waals surface area contributed by atoms with Crippen LogP contribution in [0.5, 0.6) is 0 Å². The van der Waals surface area contributed by atoms with Gasteiger partial charge in [-0.05, 0) is 68.6 Å². The molecule has 1 aliphatic heterocycles. The number of rotatable bonds is 4. The Labute approximate surface area is 224 Å². The predicted molar refractivity (Wildman–Crippen MR) is 150 cm³/mol. The fourth-order valence-electron chi connectivity index (χ4n) is 2.92. The number of pyridine rings is 1. The molecule has 2 aromatic carbocycles. The van der Waals surface area contributed by atoms with Crippen LogP contribution < -0.4 is 20.1 Å². The summed E-state index contributed by atoms with van der Waals surface area (Å²) < 4.78 is 26.0. The molecular formula is C25H30Cl2FN5O2S. The number of benzene rings is 2. The minimum absolute atomic E-state index is 0.235. The molecule has 36 heavy (non-hydrogen) atoms. The highest BCUT2D eigenvalue weighted by Crippen LogP contribution is 2.29. The molecule has 1 aliphatic rings. The first kappa shape index (κ1) is 31.2. The summed E-state index contributed by atoms with van der Waals surface area (Å²) >= 11 is 10.1. The highest BCUT2D eigenvalue weighted by molar-refractivity contribution is 7.84. The molecule has 0 saturated carbocycles. The minimum Gasteiger partial charge on any atom is -0.333 e. The van der Waals surface area contributed by atoms with Crippen molar-refractivity contribution in [2.45, 2.75) is 6.92 Å². The number of nitrogens with two attached hydrogens (primary N) is 1. The maximum absolute atomic E-state index is 12.6. The van der Waals surface area contributed by atoms with Gasteiger partial charge in [0, 0.05) is 41.1 Å². The molecule has 0 spiro atoms. The number of nitrogens with one attached hydrogen (secondary N) is 2. The molecule has 7 nitrogen and oxygen atoms in total. The molecule has 1 atom stereocenters. The van der Waals surface area contributed by atoms with Crippen molar-refractivity contribution >= 4 is 51.7 Å². The lowest BCUT2D eigenvalue weighted by Gasteiger charge is -2.15. The number of alkyl halides is 1. The molecule has 0 bridgehead atoms. The summed E-state index contributed by atoms with van der Waals surface area (Å²) in [7, 11) is 2.00. The molecule has 1 unspecified atom stereocenters. The Hall–Kier alpha value is -2.82. The van der Waals surface area contributed by atoms with Crippen molar-refractivity contribution in [1.82, 2.24) is 9.71 Å². The molecule has 1 amide bonds. The van der Waals surface area contributed by atoms with Crippen LogP contribution in [-0.2, 0) is 11.2 Å². The molecule has 1 saturated heterocycles. The van der Waals surface area contributed by atoms with E-state index in [1.807, 2.05) is 18.2 Å². The highest BCUT2D eigenvalue weighted by Gasteiger charge is 2.20. The summed E-state index contributed by atoms with van der Waals surface area (Å²) in [5, 5.41) is 4.08. The molecule has 0 aliphatic carbocycles. The second kappa shape index (κ2) is 16.8. The number of hydrogen-bond acceptors (Lipinski definition) is 4. The van der Waals surface area contributed by atoms with Crippen LogP contribution >= 0.6 is 23.2 Å². The van der Waals surface area contributed by atoms with E-state index < -0.39 is 11.2 Å². The van der Waals surface area contributed by atoms with Gasteiger partial charge < -0.3 is 11.1 Å². The molecule has 1 fully saturated rings. The number of nitrogens with zero attached hydrogens (tertiary/aromatic N) is 2. The van der Waals surface area contributed by atoms with Gasteiger partial charge in [0.25, 0.3) is 5.91 Å². The lowest BCUT2D eigenvalue weighted by atomic mass is 10.1. The van der Waals surface area contributed by atoms with E-state index in [-0.39, 0.29) is 5.91 Å². The van der Waals surface area contributed by atoms with Crippen molar-refractivity contribution in [3.05, 3.63) is 89.1 Å².